The molecule has 0 aliphatic rings. The zero-order chi connectivity index (χ0) is 11.7. The molecule has 0 bridgehead atoms. The normalized spacial score (nSPS) is 12.8. The molecule has 4 heteroatoms. The summed E-state index contributed by atoms with van der Waals surface area (Å²) in [5.41, 5.74) is -0.0778. The van der Waals surface area contributed by atoms with Gasteiger partial charge in [0.25, 0.3) is 0 Å². The highest BCUT2D eigenvalue weighted by Gasteiger charge is 2.20. The number of halogens is 3. The van der Waals surface area contributed by atoms with E-state index in [0.29, 0.717) is 0 Å². The minimum atomic E-state index is -0.764. The van der Waals surface area contributed by atoms with Crippen molar-refractivity contribution in [3.05, 3.63) is 57.3 Å². The van der Waals surface area contributed by atoms with Gasteiger partial charge in [-0.2, -0.15) is 0 Å². The fourth-order valence-electron chi connectivity index (χ4n) is 1.48. The first-order valence-corrected chi connectivity index (χ1v) is 5.99. The van der Waals surface area contributed by atoms with Gasteiger partial charge < -0.3 is 0 Å². The summed E-state index contributed by atoms with van der Waals surface area (Å²) in [6.07, 6.45) is 0. The molecular formula is C12H9ClF2S. The maximum atomic E-state index is 13.5. The van der Waals surface area contributed by atoms with Crippen molar-refractivity contribution >= 4 is 22.9 Å². The lowest BCUT2D eigenvalue weighted by Crippen LogP contribution is -1.98. The molecule has 16 heavy (non-hydrogen) atoms. The number of thiophene rings is 1. The Morgan fingerprint density at radius 3 is 2.25 bits per heavy atom. The summed E-state index contributed by atoms with van der Waals surface area (Å²) in [6, 6.07) is 7.44. The van der Waals surface area contributed by atoms with E-state index in [9.17, 15) is 8.78 Å². The van der Waals surface area contributed by atoms with Gasteiger partial charge in [-0.25, -0.2) is 8.78 Å². The van der Waals surface area contributed by atoms with Crippen molar-refractivity contribution in [3.8, 4) is 0 Å². The van der Waals surface area contributed by atoms with E-state index in [1.807, 2.05) is 13.0 Å². The second kappa shape index (κ2) is 4.52. The minimum absolute atomic E-state index is 0.0778. The predicted molar refractivity (Wildman–Crippen MR) is 63.1 cm³/mol. The second-order valence-electron chi connectivity index (χ2n) is 3.45. The van der Waals surface area contributed by atoms with Gasteiger partial charge in [0.05, 0.1) is 5.38 Å². The van der Waals surface area contributed by atoms with Gasteiger partial charge in [0.1, 0.15) is 11.6 Å². The summed E-state index contributed by atoms with van der Waals surface area (Å²) in [7, 11) is 0. The summed E-state index contributed by atoms with van der Waals surface area (Å²) in [5, 5.41) is -0.764. The molecule has 1 heterocycles. The standard InChI is InChI=1S/C12H9ClF2S/c1-7-5-6-10(16-7)12(13)11-8(14)3-2-4-9(11)15/h2-6,12H,1H3. The van der Waals surface area contributed by atoms with Crippen molar-refractivity contribution < 1.29 is 8.78 Å². The smallest absolute Gasteiger partial charge is 0.131 e. The molecule has 1 unspecified atom stereocenters. The number of aryl methyl sites for hydroxylation is 1. The van der Waals surface area contributed by atoms with Crippen molar-refractivity contribution in [2.45, 2.75) is 12.3 Å². The van der Waals surface area contributed by atoms with Gasteiger partial charge in [0, 0.05) is 15.3 Å². The molecule has 0 nitrogen and oxygen atoms in total. The average molecular weight is 259 g/mol. The second-order valence-corrected chi connectivity index (χ2v) is 5.20. The maximum absolute atomic E-state index is 13.5. The fraction of sp³-hybridized carbons (Fsp3) is 0.167. The minimum Gasteiger partial charge on any atom is -0.207 e. The van der Waals surface area contributed by atoms with Crippen LogP contribution < -0.4 is 0 Å². The number of hydrogen-bond donors (Lipinski definition) is 0. The summed E-state index contributed by atoms with van der Waals surface area (Å²) in [6.45, 7) is 1.93. The van der Waals surface area contributed by atoms with Gasteiger partial charge in [0.15, 0.2) is 0 Å². The number of alkyl halides is 1. The SMILES string of the molecule is Cc1ccc(C(Cl)c2c(F)cccc2F)s1. The van der Waals surface area contributed by atoms with E-state index >= 15 is 0 Å². The molecule has 84 valence electrons. The van der Waals surface area contributed by atoms with Crippen LogP contribution in [0.1, 0.15) is 20.7 Å². The van der Waals surface area contributed by atoms with Gasteiger partial charge in [-0.15, -0.1) is 22.9 Å². The van der Waals surface area contributed by atoms with Crippen LogP contribution in [0.3, 0.4) is 0 Å². The number of benzene rings is 1. The van der Waals surface area contributed by atoms with Gasteiger partial charge in [-0.05, 0) is 31.2 Å². The van der Waals surface area contributed by atoms with Crippen molar-refractivity contribution in [3.63, 3.8) is 0 Å². The van der Waals surface area contributed by atoms with Crippen molar-refractivity contribution in [1.82, 2.24) is 0 Å². The lowest BCUT2D eigenvalue weighted by molar-refractivity contribution is 0.560. The highest BCUT2D eigenvalue weighted by atomic mass is 35.5. The van der Waals surface area contributed by atoms with E-state index in [1.54, 1.807) is 6.07 Å². The largest absolute Gasteiger partial charge is 0.207 e. The molecule has 0 saturated carbocycles. The molecule has 1 atom stereocenters. The third kappa shape index (κ3) is 2.11. The van der Waals surface area contributed by atoms with Crippen molar-refractivity contribution in [2.75, 3.05) is 0 Å². The molecule has 0 amide bonds. The van der Waals surface area contributed by atoms with Crippen LogP contribution in [0, 0.1) is 18.6 Å². The zero-order valence-electron chi connectivity index (χ0n) is 8.51. The molecule has 0 aliphatic carbocycles. The first-order valence-electron chi connectivity index (χ1n) is 4.74. The van der Waals surface area contributed by atoms with Crippen LogP contribution in [0.15, 0.2) is 30.3 Å². The highest BCUT2D eigenvalue weighted by molar-refractivity contribution is 7.12. The Labute approximate surface area is 101 Å². The first-order chi connectivity index (χ1) is 7.59. The van der Waals surface area contributed by atoms with E-state index in [2.05, 4.69) is 0 Å². The van der Waals surface area contributed by atoms with Crippen LogP contribution in [-0.4, -0.2) is 0 Å². The van der Waals surface area contributed by atoms with E-state index in [0.717, 1.165) is 9.75 Å². The molecule has 0 spiro atoms. The fourth-order valence-corrected chi connectivity index (χ4v) is 2.76. The molecule has 2 aromatic rings. The van der Waals surface area contributed by atoms with E-state index < -0.39 is 17.0 Å². The molecule has 0 fully saturated rings. The lowest BCUT2D eigenvalue weighted by atomic mass is 10.1. The molecule has 0 saturated heterocycles. The average Bonchev–Trinajstić information content (AvgIpc) is 2.64. The quantitative estimate of drug-likeness (QED) is 0.687. The molecule has 0 radical (unpaired) electrons. The topological polar surface area (TPSA) is 0 Å². The third-order valence-corrected chi connectivity index (χ3v) is 3.91. The maximum Gasteiger partial charge on any atom is 0.131 e. The Hall–Kier alpha value is -0.930. The Bertz CT molecular complexity index is 487. The summed E-state index contributed by atoms with van der Waals surface area (Å²) in [4.78, 5) is 1.82. The van der Waals surface area contributed by atoms with Gasteiger partial charge in [0.2, 0.25) is 0 Å². The van der Waals surface area contributed by atoms with E-state index in [-0.39, 0.29) is 5.56 Å². The lowest BCUT2D eigenvalue weighted by Gasteiger charge is -2.09. The van der Waals surface area contributed by atoms with E-state index in [4.69, 9.17) is 11.6 Å². The summed E-state index contributed by atoms with van der Waals surface area (Å²) in [5.74, 6) is -1.21. The Morgan fingerprint density at radius 1 is 1.12 bits per heavy atom. The van der Waals surface area contributed by atoms with E-state index in [1.165, 1.54) is 29.5 Å². The van der Waals surface area contributed by atoms with Crippen LogP contribution >= 0.6 is 22.9 Å². The zero-order valence-corrected chi connectivity index (χ0v) is 10.1. The first kappa shape index (κ1) is 11.6. The molecule has 2 rings (SSSR count). The molecule has 1 aromatic heterocycles. The van der Waals surface area contributed by atoms with Crippen LogP contribution in [0.2, 0.25) is 0 Å². The molecule has 1 aromatic carbocycles. The monoisotopic (exact) mass is 258 g/mol. The Kier molecular flexibility index (Phi) is 3.26. The number of rotatable bonds is 2. The predicted octanol–water partition coefficient (Wildman–Crippen LogP) is 4.66. The van der Waals surface area contributed by atoms with Crippen LogP contribution in [-0.2, 0) is 0 Å². The molecule has 0 aliphatic heterocycles. The van der Waals surface area contributed by atoms with Crippen molar-refractivity contribution in [2.24, 2.45) is 0 Å². The van der Waals surface area contributed by atoms with Crippen molar-refractivity contribution in [1.29, 1.82) is 0 Å². The van der Waals surface area contributed by atoms with Gasteiger partial charge in [-0.1, -0.05) is 6.07 Å². The summed E-state index contributed by atoms with van der Waals surface area (Å²) >= 11 is 7.53. The molecule has 0 N–H and O–H groups in total. The molecular weight excluding hydrogens is 250 g/mol. The van der Waals surface area contributed by atoms with Gasteiger partial charge in [-0.3, -0.25) is 0 Å². The van der Waals surface area contributed by atoms with Crippen LogP contribution in [0.5, 0.6) is 0 Å². The third-order valence-electron chi connectivity index (χ3n) is 2.26. The Balaban J connectivity index is 2.45. The summed E-state index contributed by atoms with van der Waals surface area (Å²) < 4.78 is 26.9. The Morgan fingerprint density at radius 2 is 1.75 bits per heavy atom. The number of hydrogen-bond acceptors (Lipinski definition) is 1. The van der Waals surface area contributed by atoms with Crippen LogP contribution in [0.25, 0.3) is 0 Å². The van der Waals surface area contributed by atoms with Gasteiger partial charge >= 0.3 is 0 Å². The van der Waals surface area contributed by atoms with Crippen LogP contribution in [0.4, 0.5) is 8.78 Å². The highest BCUT2D eigenvalue weighted by Crippen LogP contribution is 2.35.